The molecule has 0 fully saturated rings. The lowest BCUT2D eigenvalue weighted by atomic mass is 10.1. The van der Waals surface area contributed by atoms with Gasteiger partial charge in [-0.2, -0.15) is 5.10 Å². The number of nitrogens with zero attached hydrogens (tertiary/aromatic N) is 2. The van der Waals surface area contributed by atoms with E-state index >= 15 is 0 Å². The van der Waals surface area contributed by atoms with Crippen LogP contribution in [-0.2, 0) is 19.4 Å². The monoisotopic (exact) mass is 312 g/mol. The summed E-state index contributed by atoms with van der Waals surface area (Å²) < 4.78 is 0. The number of nitrogens with one attached hydrogen (secondary N) is 2. The molecule has 2 aromatic rings. The summed E-state index contributed by atoms with van der Waals surface area (Å²) in [5, 5.41) is 10.6. The molecule has 1 aliphatic carbocycles. The second kappa shape index (κ2) is 6.86. The summed E-state index contributed by atoms with van der Waals surface area (Å²) in [6.07, 6.45) is 4.18. The van der Waals surface area contributed by atoms with Gasteiger partial charge in [0.05, 0.1) is 18.3 Å². The number of hydrogen-bond acceptors (Lipinski definition) is 2. The Bertz CT molecular complexity index is 665. The molecule has 1 aromatic carbocycles. The first-order valence-electron chi connectivity index (χ1n) is 8.30. The lowest BCUT2D eigenvalue weighted by molar-refractivity contribution is 0.201. The minimum atomic E-state index is -0.0598. The number of aromatic amines is 1. The Morgan fingerprint density at radius 2 is 2.13 bits per heavy atom. The number of rotatable bonds is 5. The van der Waals surface area contributed by atoms with Crippen molar-refractivity contribution in [1.82, 2.24) is 20.4 Å². The molecule has 2 N–H and O–H groups in total. The van der Waals surface area contributed by atoms with Crippen molar-refractivity contribution in [3.63, 3.8) is 0 Å². The average molecular weight is 312 g/mol. The molecule has 1 heterocycles. The van der Waals surface area contributed by atoms with Crippen LogP contribution in [0.15, 0.2) is 30.3 Å². The molecule has 0 saturated carbocycles. The van der Waals surface area contributed by atoms with Crippen LogP contribution >= 0.6 is 0 Å². The van der Waals surface area contributed by atoms with Crippen molar-refractivity contribution in [1.29, 1.82) is 0 Å². The average Bonchev–Trinajstić information content (AvgIpc) is 3.18. The van der Waals surface area contributed by atoms with Crippen LogP contribution in [0, 0.1) is 0 Å². The standard InChI is InChI=1S/C18H24N4O/c1-3-15(13-8-5-4-6-9-13)19-18(23)22(2)12-17-14-10-7-11-16(14)20-21-17/h4-6,8-9,15H,3,7,10-12H2,1-2H3,(H,19,23)(H,20,21)/t15-/m0/s1. The molecule has 0 radical (unpaired) electrons. The van der Waals surface area contributed by atoms with Crippen LogP contribution in [0.4, 0.5) is 4.79 Å². The number of carbonyl (C=O) groups excluding carboxylic acids is 1. The first-order chi connectivity index (χ1) is 11.2. The number of benzene rings is 1. The fraction of sp³-hybridized carbons (Fsp3) is 0.444. The van der Waals surface area contributed by atoms with Crippen LogP contribution in [0.2, 0.25) is 0 Å². The van der Waals surface area contributed by atoms with Crippen molar-refractivity contribution in [2.75, 3.05) is 7.05 Å². The molecule has 0 bridgehead atoms. The Morgan fingerprint density at radius 1 is 1.35 bits per heavy atom. The smallest absolute Gasteiger partial charge is 0.317 e. The molecule has 122 valence electrons. The van der Waals surface area contributed by atoms with Gasteiger partial charge in [0.15, 0.2) is 0 Å². The summed E-state index contributed by atoms with van der Waals surface area (Å²) in [4.78, 5) is 14.2. The topological polar surface area (TPSA) is 61.0 Å². The van der Waals surface area contributed by atoms with E-state index in [9.17, 15) is 4.79 Å². The quantitative estimate of drug-likeness (QED) is 0.890. The van der Waals surface area contributed by atoms with Crippen LogP contribution in [-0.4, -0.2) is 28.2 Å². The zero-order valence-electron chi connectivity index (χ0n) is 13.8. The number of amides is 2. The molecule has 5 heteroatoms. The van der Waals surface area contributed by atoms with E-state index in [0.29, 0.717) is 6.54 Å². The molecule has 23 heavy (non-hydrogen) atoms. The van der Waals surface area contributed by atoms with Gasteiger partial charge in [-0.25, -0.2) is 4.79 Å². The number of hydrogen-bond donors (Lipinski definition) is 2. The van der Waals surface area contributed by atoms with Gasteiger partial charge in [-0.3, -0.25) is 5.10 Å². The Labute approximate surface area is 137 Å². The second-order valence-electron chi connectivity index (χ2n) is 6.16. The zero-order valence-corrected chi connectivity index (χ0v) is 13.8. The Kier molecular flexibility index (Phi) is 4.65. The number of aromatic nitrogens is 2. The maximum atomic E-state index is 12.5. The Hall–Kier alpha value is -2.30. The van der Waals surface area contributed by atoms with Gasteiger partial charge in [-0.05, 0) is 36.8 Å². The van der Waals surface area contributed by atoms with Crippen molar-refractivity contribution in [2.24, 2.45) is 0 Å². The van der Waals surface area contributed by atoms with Crippen LogP contribution in [0.1, 0.15) is 48.3 Å². The van der Waals surface area contributed by atoms with E-state index in [4.69, 9.17) is 0 Å². The van der Waals surface area contributed by atoms with Crippen LogP contribution in [0.3, 0.4) is 0 Å². The van der Waals surface area contributed by atoms with Crippen LogP contribution < -0.4 is 5.32 Å². The van der Waals surface area contributed by atoms with Gasteiger partial charge in [0.25, 0.3) is 0 Å². The summed E-state index contributed by atoms with van der Waals surface area (Å²) >= 11 is 0. The summed E-state index contributed by atoms with van der Waals surface area (Å²) in [5.41, 5.74) is 4.68. The van der Waals surface area contributed by atoms with Gasteiger partial charge in [-0.1, -0.05) is 37.3 Å². The molecular formula is C18H24N4O. The van der Waals surface area contributed by atoms with Crippen molar-refractivity contribution in [3.05, 3.63) is 52.8 Å². The second-order valence-corrected chi connectivity index (χ2v) is 6.16. The van der Waals surface area contributed by atoms with E-state index in [1.165, 1.54) is 17.7 Å². The molecule has 1 aliphatic rings. The highest BCUT2D eigenvalue weighted by Gasteiger charge is 2.21. The third kappa shape index (κ3) is 3.38. The van der Waals surface area contributed by atoms with Gasteiger partial charge < -0.3 is 10.2 Å². The molecule has 1 atom stereocenters. The lowest BCUT2D eigenvalue weighted by Crippen LogP contribution is -2.39. The minimum absolute atomic E-state index is 0.0380. The van der Waals surface area contributed by atoms with Gasteiger partial charge >= 0.3 is 6.03 Å². The molecule has 2 amide bonds. The molecule has 0 aliphatic heterocycles. The first kappa shape index (κ1) is 15.6. The molecule has 0 unspecified atom stereocenters. The highest BCUT2D eigenvalue weighted by atomic mass is 16.2. The first-order valence-corrected chi connectivity index (χ1v) is 8.30. The minimum Gasteiger partial charge on any atom is -0.331 e. The molecule has 0 saturated heterocycles. The fourth-order valence-electron chi connectivity index (χ4n) is 3.18. The summed E-state index contributed by atoms with van der Waals surface area (Å²) in [7, 11) is 1.82. The van der Waals surface area contributed by atoms with Crippen LogP contribution in [0.5, 0.6) is 0 Å². The van der Waals surface area contributed by atoms with Crippen molar-refractivity contribution in [3.8, 4) is 0 Å². The van der Waals surface area contributed by atoms with E-state index in [1.54, 1.807) is 4.90 Å². The SMILES string of the molecule is CC[C@H](NC(=O)N(C)Cc1n[nH]c2c1CCC2)c1ccccc1. The molecule has 5 nitrogen and oxygen atoms in total. The molecule has 3 rings (SSSR count). The van der Waals surface area contributed by atoms with Gasteiger partial charge in [-0.15, -0.1) is 0 Å². The predicted molar refractivity (Wildman–Crippen MR) is 90.1 cm³/mol. The normalized spacial score (nSPS) is 14.3. The van der Waals surface area contributed by atoms with E-state index in [-0.39, 0.29) is 12.1 Å². The van der Waals surface area contributed by atoms with E-state index in [2.05, 4.69) is 34.6 Å². The number of fused-ring (bicyclic) bond motifs is 1. The Morgan fingerprint density at radius 3 is 2.87 bits per heavy atom. The molecule has 1 aromatic heterocycles. The van der Waals surface area contributed by atoms with Crippen molar-refractivity contribution >= 4 is 6.03 Å². The maximum Gasteiger partial charge on any atom is 0.317 e. The van der Waals surface area contributed by atoms with E-state index < -0.39 is 0 Å². The maximum absolute atomic E-state index is 12.5. The third-order valence-electron chi connectivity index (χ3n) is 4.53. The summed E-state index contributed by atoms with van der Waals surface area (Å²) in [6, 6.07) is 10.1. The number of carbonyl (C=O) groups is 1. The Balaban J connectivity index is 1.63. The van der Waals surface area contributed by atoms with Crippen molar-refractivity contribution in [2.45, 2.75) is 45.2 Å². The van der Waals surface area contributed by atoms with E-state index in [0.717, 1.165) is 30.5 Å². The number of H-pyrrole nitrogens is 1. The number of urea groups is 1. The zero-order chi connectivity index (χ0) is 16.2. The fourth-order valence-corrected chi connectivity index (χ4v) is 3.18. The third-order valence-corrected chi connectivity index (χ3v) is 4.53. The van der Waals surface area contributed by atoms with Gasteiger partial charge in [0.2, 0.25) is 0 Å². The predicted octanol–water partition coefficient (Wildman–Crippen LogP) is 3.19. The van der Waals surface area contributed by atoms with Crippen LogP contribution in [0.25, 0.3) is 0 Å². The largest absolute Gasteiger partial charge is 0.331 e. The molecular weight excluding hydrogens is 288 g/mol. The van der Waals surface area contributed by atoms with Gasteiger partial charge in [0, 0.05) is 12.7 Å². The van der Waals surface area contributed by atoms with Gasteiger partial charge in [0.1, 0.15) is 0 Å². The number of aryl methyl sites for hydroxylation is 1. The van der Waals surface area contributed by atoms with E-state index in [1.807, 2.05) is 25.2 Å². The van der Waals surface area contributed by atoms with Crippen molar-refractivity contribution < 1.29 is 4.79 Å². The lowest BCUT2D eigenvalue weighted by Gasteiger charge is -2.23. The summed E-state index contributed by atoms with van der Waals surface area (Å²) in [6.45, 7) is 2.63. The summed E-state index contributed by atoms with van der Waals surface area (Å²) in [5.74, 6) is 0. The molecule has 0 spiro atoms. The highest BCUT2D eigenvalue weighted by Crippen LogP contribution is 2.23. The highest BCUT2D eigenvalue weighted by molar-refractivity contribution is 5.74.